The van der Waals surface area contributed by atoms with E-state index in [-0.39, 0.29) is 11.9 Å². The number of piperidine rings is 1. The fourth-order valence-electron chi connectivity index (χ4n) is 3.40. The zero-order valence-corrected chi connectivity index (χ0v) is 13.3. The van der Waals surface area contributed by atoms with Crippen LogP contribution in [0.5, 0.6) is 5.75 Å². The highest BCUT2D eigenvalue weighted by Crippen LogP contribution is 2.33. The van der Waals surface area contributed by atoms with Crippen molar-refractivity contribution in [2.45, 2.75) is 45.2 Å². The van der Waals surface area contributed by atoms with Gasteiger partial charge in [0, 0.05) is 18.6 Å². The van der Waals surface area contributed by atoms with E-state index in [4.69, 9.17) is 10.5 Å². The average molecular weight is 294 g/mol. The number of nitrogens with two attached hydrogens (primary N) is 1. The molecule has 1 saturated heterocycles. The molecule has 1 aliphatic heterocycles. The molecule has 1 heterocycles. The molecule has 21 heavy (non-hydrogen) atoms. The number of benzene rings is 1. The van der Waals surface area contributed by atoms with Crippen molar-refractivity contribution in [3.05, 3.63) is 29.6 Å². The van der Waals surface area contributed by atoms with Crippen LogP contribution in [-0.2, 0) is 0 Å². The highest BCUT2D eigenvalue weighted by atomic mass is 19.1. The van der Waals surface area contributed by atoms with Gasteiger partial charge in [-0.1, -0.05) is 19.4 Å². The number of methoxy groups -OCH3 is 1. The van der Waals surface area contributed by atoms with Crippen molar-refractivity contribution >= 4 is 0 Å². The first kappa shape index (κ1) is 16.2. The number of hydrogen-bond acceptors (Lipinski definition) is 3. The summed E-state index contributed by atoms with van der Waals surface area (Å²) in [4.78, 5) is 2.42. The lowest BCUT2D eigenvalue weighted by molar-refractivity contribution is 0.0771. The Balaban J connectivity index is 2.14. The van der Waals surface area contributed by atoms with Crippen molar-refractivity contribution in [1.82, 2.24) is 4.90 Å². The topological polar surface area (TPSA) is 38.5 Å². The van der Waals surface area contributed by atoms with Gasteiger partial charge in [-0.25, -0.2) is 4.39 Å². The van der Waals surface area contributed by atoms with Crippen molar-refractivity contribution in [3.8, 4) is 5.75 Å². The number of hydrogen-bond donors (Lipinski definition) is 1. The number of likely N-dealkylation sites (tertiary alicyclic amines) is 1. The summed E-state index contributed by atoms with van der Waals surface area (Å²) in [6, 6.07) is 5.81. The number of halogens is 1. The van der Waals surface area contributed by atoms with E-state index in [2.05, 4.69) is 18.7 Å². The maximum absolute atomic E-state index is 13.9. The molecule has 3 nitrogen and oxygen atoms in total. The summed E-state index contributed by atoms with van der Waals surface area (Å²) in [5, 5.41) is 0. The maximum Gasteiger partial charge on any atom is 0.165 e. The molecule has 2 N–H and O–H groups in total. The molecule has 4 heteroatoms. The lowest BCUT2D eigenvalue weighted by Crippen LogP contribution is -2.47. The van der Waals surface area contributed by atoms with Gasteiger partial charge in [0.15, 0.2) is 11.6 Å². The van der Waals surface area contributed by atoms with Gasteiger partial charge in [0.25, 0.3) is 0 Å². The minimum atomic E-state index is -0.297. The summed E-state index contributed by atoms with van der Waals surface area (Å²) in [6.07, 6.45) is 3.57. The van der Waals surface area contributed by atoms with Gasteiger partial charge in [0.05, 0.1) is 7.11 Å². The van der Waals surface area contributed by atoms with Gasteiger partial charge < -0.3 is 10.5 Å². The number of ether oxygens (including phenoxy) is 1. The second-order valence-electron chi connectivity index (χ2n) is 6.00. The van der Waals surface area contributed by atoms with Gasteiger partial charge in [0.1, 0.15) is 0 Å². The Kier molecular flexibility index (Phi) is 5.59. The van der Waals surface area contributed by atoms with Crippen LogP contribution < -0.4 is 10.5 Å². The van der Waals surface area contributed by atoms with Crippen LogP contribution in [0, 0.1) is 11.7 Å². The fourth-order valence-corrected chi connectivity index (χ4v) is 3.40. The highest BCUT2D eigenvalue weighted by molar-refractivity contribution is 5.31. The number of nitrogens with zero attached hydrogens (tertiary/aromatic N) is 1. The molecule has 0 aromatic heterocycles. The predicted molar refractivity (Wildman–Crippen MR) is 83.9 cm³/mol. The molecule has 3 atom stereocenters. The Labute approximate surface area is 127 Å². The van der Waals surface area contributed by atoms with E-state index in [9.17, 15) is 4.39 Å². The van der Waals surface area contributed by atoms with Crippen LogP contribution in [0.4, 0.5) is 4.39 Å². The van der Waals surface area contributed by atoms with Crippen LogP contribution >= 0.6 is 0 Å². The van der Waals surface area contributed by atoms with Gasteiger partial charge >= 0.3 is 0 Å². The van der Waals surface area contributed by atoms with Gasteiger partial charge in [-0.3, -0.25) is 4.90 Å². The van der Waals surface area contributed by atoms with Crippen molar-refractivity contribution in [1.29, 1.82) is 0 Å². The fraction of sp³-hybridized carbons (Fsp3) is 0.647. The molecule has 3 unspecified atom stereocenters. The largest absolute Gasteiger partial charge is 0.494 e. The van der Waals surface area contributed by atoms with Crippen LogP contribution in [-0.4, -0.2) is 31.1 Å². The Bertz CT molecular complexity index is 466. The molecule has 2 rings (SSSR count). The Morgan fingerprint density at radius 3 is 2.81 bits per heavy atom. The molecule has 1 aliphatic rings. The number of rotatable bonds is 5. The van der Waals surface area contributed by atoms with E-state index in [0.717, 1.165) is 24.4 Å². The van der Waals surface area contributed by atoms with Crippen LogP contribution in [0.15, 0.2) is 18.2 Å². The molecule has 0 aliphatic carbocycles. The first-order chi connectivity index (χ1) is 10.1. The third-order valence-corrected chi connectivity index (χ3v) is 4.88. The molecule has 0 spiro atoms. The summed E-state index contributed by atoms with van der Waals surface area (Å²) < 4.78 is 18.9. The second kappa shape index (κ2) is 7.23. The summed E-state index contributed by atoms with van der Waals surface area (Å²) in [5.74, 6) is 0.773. The lowest BCUT2D eigenvalue weighted by atomic mass is 9.87. The Morgan fingerprint density at radius 2 is 2.24 bits per heavy atom. The average Bonchev–Trinajstić information content (AvgIpc) is 2.53. The van der Waals surface area contributed by atoms with E-state index in [0.29, 0.717) is 18.3 Å². The molecule has 118 valence electrons. The predicted octanol–water partition coefficient (Wildman–Crippen LogP) is 3.34. The van der Waals surface area contributed by atoms with Crippen molar-refractivity contribution in [3.63, 3.8) is 0 Å². The summed E-state index contributed by atoms with van der Waals surface area (Å²) in [6.45, 7) is 6.08. The molecule has 0 saturated carbocycles. The molecule has 0 bridgehead atoms. The van der Waals surface area contributed by atoms with Gasteiger partial charge in [-0.05, 0) is 49.9 Å². The molecule has 0 radical (unpaired) electrons. The summed E-state index contributed by atoms with van der Waals surface area (Å²) >= 11 is 0. The third-order valence-electron chi connectivity index (χ3n) is 4.88. The van der Waals surface area contributed by atoms with E-state index < -0.39 is 0 Å². The normalized spacial score (nSPS) is 24.8. The minimum absolute atomic E-state index is 0.178. The zero-order chi connectivity index (χ0) is 15.4. The lowest BCUT2D eigenvalue weighted by Gasteiger charge is -2.42. The van der Waals surface area contributed by atoms with E-state index >= 15 is 0 Å². The summed E-state index contributed by atoms with van der Waals surface area (Å²) in [5.41, 5.74) is 6.95. The monoisotopic (exact) mass is 294 g/mol. The molecular formula is C17H27FN2O. The van der Waals surface area contributed by atoms with E-state index in [1.54, 1.807) is 12.1 Å². The molecule has 1 aromatic rings. The molecular weight excluding hydrogens is 267 g/mol. The molecule has 1 fully saturated rings. The SMILES string of the molecule is CCC1CCN(C(C)c2ccc(OC)c(F)c2)C(CN)C1. The Hall–Kier alpha value is -1.13. The first-order valence-electron chi connectivity index (χ1n) is 7.89. The maximum atomic E-state index is 13.9. The van der Waals surface area contributed by atoms with Gasteiger partial charge in [0.2, 0.25) is 0 Å². The minimum Gasteiger partial charge on any atom is -0.494 e. The zero-order valence-electron chi connectivity index (χ0n) is 13.3. The third kappa shape index (κ3) is 3.55. The van der Waals surface area contributed by atoms with Crippen LogP contribution in [0.3, 0.4) is 0 Å². The van der Waals surface area contributed by atoms with Crippen LogP contribution in [0.2, 0.25) is 0 Å². The molecule has 1 aromatic carbocycles. The van der Waals surface area contributed by atoms with Gasteiger partial charge in [-0.2, -0.15) is 0 Å². The standard InChI is InChI=1S/C17H27FN2O/c1-4-13-7-8-20(15(9-13)11-19)12(2)14-5-6-17(21-3)16(18)10-14/h5-6,10,12-13,15H,4,7-9,11,19H2,1-3H3. The quantitative estimate of drug-likeness (QED) is 0.905. The van der Waals surface area contributed by atoms with Gasteiger partial charge in [-0.15, -0.1) is 0 Å². The van der Waals surface area contributed by atoms with Crippen molar-refractivity contribution in [2.75, 3.05) is 20.2 Å². The first-order valence-corrected chi connectivity index (χ1v) is 7.89. The summed E-state index contributed by atoms with van der Waals surface area (Å²) in [7, 11) is 1.49. The molecule has 0 amide bonds. The van der Waals surface area contributed by atoms with Crippen molar-refractivity contribution < 1.29 is 9.13 Å². The van der Waals surface area contributed by atoms with E-state index in [1.165, 1.54) is 20.0 Å². The van der Waals surface area contributed by atoms with Crippen molar-refractivity contribution in [2.24, 2.45) is 11.7 Å². The highest BCUT2D eigenvalue weighted by Gasteiger charge is 2.30. The second-order valence-corrected chi connectivity index (χ2v) is 6.00. The van der Waals surface area contributed by atoms with Crippen LogP contribution in [0.1, 0.15) is 44.7 Å². The van der Waals surface area contributed by atoms with Crippen LogP contribution in [0.25, 0.3) is 0 Å². The Morgan fingerprint density at radius 1 is 1.48 bits per heavy atom. The van der Waals surface area contributed by atoms with E-state index in [1.807, 2.05) is 6.07 Å². The smallest absolute Gasteiger partial charge is 0.165 e.